The highest BCUT2D eigenvalue weighted by Crippen LogP contribution is 2.31. The molecule has 2 unspecified atom stereocenters. The summed E-state index contributed by atoms with van der Waals surface area (Å²) in [4.78, 5) is 6.87. The lowest BCUT2D eigenvalue weighted by Crippen LogP contribution is -2.45. The smallest absolute Gasteiger partial charge is 0.189 e. The Morgan fingerprint density at radius 2 is 2.21 bits per heavy atom. The minimum atomic E-state index is 0. The highest BCUT2D eigenvalue weighted by molar-refractivity contribution is 14.0. The molecule has 1 saturated heterocycles. The van der Waals surface area contributed by atoms with Crippen LogP contribution >= 0.6 is 24.0 Å². The van der Waals surface area contributed by atoms with Crippen LogP contribution in [0.3, 0.4) is 0 Å². The lowest BCUT2D eigenvalue weighted by molar-refractivity contribution is 0.00141. The Morgan fingerprint density at radius 1 is 1.38 bits per heavy atom. The average Bonchev–Trinajstić information content (AvgIpc) is 2.57. The van der Waals surface area contributed by atoms with E-state index in [1.54, 1.807) is 0 Å². The summed E-state index contributed by atoms with van der Waals surface area (Å²) in [5.74, 6) is 1.44. The van der Waals surface area contributed by atoms with Gasteiger partial charge in [-0.2, -0.15) is 0 Å². The standard InChI is InChI=1S/C17H26N4O2.HI/c1-13-12-22-11-9-21(13)8-7-19-17(18)20-15-6-10-23-16-5-3-2-4-14(15)16;/h2-5,13,15H,6-12H2,1H3,(H3,18,19,20);1H. The Hall–Kier alpha value is -1.06. The quantitative estimate of drug-likeness (QED) is 0.419. The third-order valence-corrected chi connectivity index (χ3v) is 4.46. The number of ether oxygens (including phenoxy) is 2. The molecule has 134 valence electrons. The second-order valence-electron chi connectivity index (χ2n) is 6.10. The molecule has 3 rings (SSSR count). The van der Waals surface area contributed by atoms with Crippen LogP contribution in [0.5, 0.6) is 5.75 Å². The van der Waals surface area contributed by atoms with E-state index in [0.29, 0.717) is 25.2 Å². The maximum Gasteiger partial charge on any atom is 0.189 e. The van der Waals surface area contributed by atoms with Gasteiger partial charge in [-0.25, -0.2) is 0 Å². The minimum absolute atomic E-state index is 0. The molecule has 2 atom stereocenters. The Kier molecular flexibility index (Phi) is 7.57. The number of nitrogens with one attached hydrogen (secondary N) is 1. The van der Waals surface area contributed by atoms with Crippen molar-refractivity contribution >= 4 is 29.9 Å². The number of halogens is 1. The SMILES string of the molecule is CC1COCCN1CCN=C(N)NC1CCOc2ccccc21.I. The molecule has 1 aromatic rings. The number of benzene rings is 1. The molecule has 0 aromatic heterocycles. The predicted octanol–water partition coefficient (Wildman–Crippen LogP) is 1.75. The average molecular weight is 446 g/mol. The zero-order valence-corrected chi connectivity index (χ0v) is 16.4. The van der Waals surface area contributed by atoms with E-state index in [1.807, 2.05) is 18.2 Å². The van der Waals surface area contributed by atoms with E-state index in [0.717, 1.165) is 44.0 Å². The first-order chi connectivity index (χ1) is 11.2. The number of hydrogen-bond donors (Lipinski definition) is 2. The molecule has 7 heteroatoms. The Labute approximate surface area is 160 Å². The third kappa shape index (κ3) is 4.97. The van der Waals surface area contributed by atoms with Crippen molar-refractivity contribution in [3.63, 3.8) is 0 Å². The number of nitrogens with two attached hydrogens (primary N) is 1. The maximum atomic E-state index is 6.07. The topological polar surface area (TPSA) is 72.1 Å². The first-order valence-electron chi connectivity index (χ1n) is 8.34. The van der Waals surface area contributed by atoms with Gasteiger partial charge in [0, 0.05) is 31.1 Å². The van der Waals surface area contributed by atoms with E-state index >= 15 is 0 Å². The number of para-hydroxylation sites is 1. The van der Waals surface area contributed by atoms with Gasteiger partial charge < -0.3 is 20.5 Å². The molecular weight excluding hydrogens is 419 g/mol. The van der Waals surface area contributed by atoms with Gasteiger partial charge in [-0.3, -0.25) is 9.89 Å². The summed E-state index contributed by atoms with van der Waals surface area (Å²) < 4.78 is 11.1. The Bertz CT molecular complexity index is 555. The number of morpholine rings is 1. The maximum absolute atomic E-state index is 6.07. The number of hydrogen-bond acceptors (Lipinski definition) is 4. The largest absolute Gasteiger partial charge is 0.493 e. The second-order valence-corrected chi connectivity index (χ2v) is 6.10. The van der Waals surface area contributed by atoms with Crippen LogP contribution in [0.15, 0.2) is 29.3 Å². The van der Waals surface area contributed by atoms with Crippen LogP contribution in [0.25, 0.3) is 0 Å². The summed E-state index contributed by atoms with van der Waals surface area (Å²) in [7, 11) is 0. The van der Waals surface area contributed by atoms with Crippen LogP contribution < -0.4 is 15.8 Å². The van der Waals surface area contributed by atoms with Gasteiger partial charge in [0.15, 0.2) is 5.96 Å². The van der Waals surface area contributed by atoms with Crippen LogP contribution in [-0.2, 0) is 4.74 Å². The summed E-state index contributed by atoms with van der Waals surface area (Å²) in [6.45, 7) is 7.08. The van der Waals surface area contributed by atoms with Crippen molar-refractivity contribution in [2.45, 2.75) is 25.4 Å². The first-order valence-corrected chi connectivity index (χ1v) is 8.34. The molecule has 1 fully saturated rings. The molecular formula is C17H27IN4O2. The van der Waals surface area contributed by atoms with Gasteiger partial charge >= 0.3 is 0 Å². The monoisotopic (exact) mass is 446 g/mol. The molecule has 0 amide bonds. The summed E-state index contributed by atoms with van der Waals surface area (Å²) in [5.41, 5.74) is 7.22. The third-order valence-electron chi connectivity index (χ3n) is 4.46. The van der Waals surface area contributed by atoms with Gasteiger partial charge in [0.2, 0.25) is 0 Å². The first kappa shape index (κ1) is 19.3. The van der Waals surface area contributed by atoms with Crippen LogP contribution in [-0.4, -0.2) is 56.4 Å². The van der Waals surface area contributed by atoms with Gasteiger partial charge in [0.1, 0.15) is 5.75 Å². The molecule has 2 aliphatic heterocycles. The zero-order valence-electron chi connectivity index (χ0n) is 14.1. The van der Waals surface area contributed by atoms with Crippen molar-refractivity contribution in [2.75, 3.05) is 39.5 Å². The van der Waals surface area contributed by atoms with Crippen LogP contribution in [0.2, 0.25) is 0 Å². The van der Waals surface area contributed by atoms with Crippen LogP contribution in [0.4, 0.5) is 0 Å². The van der Waals surface area contributed by atoms with E-state index in [9.17, 15) is 0 Å². The number of aliphatic imine (C=N–C) groups is 1. The number of guanidine groups is 1. The van der Waals surface area contributed by atoms with E-state index in [-0.39, 0.29) is 30.0 Å². The molecule has 6 nitrogen and oxygen atoms in total. The van der Waals surface area contributed by atoms with Gasteiger partial charge in [-0.1, -0.05) is 18.2 Å². The lowest BCUT2D eigenvalue weighted by atomic mass is 10.0. The summed E-state index contributed by atoms with van der Waals surface area (Å²) in [6.07, 6.45) is 0.897. The Morgan fingerprint density at radius 3 is 3.04 bits per heavy atom. The van der Waals surface area contributed by atoms with Gasteiger partial charge in [0.25, 0.3) is 0 Å². The van der Waals surface area contributed by atoms with Crippen LogP contribution in [0, 0.1) is 0 Å². The molecule has 2 aliphatic rings. The van der Waals surface area contributed by atoms with Gasteiger partial charge in [-0.05, 0) is 13.0 Å². The normalized spacial score (nSPS) is 24.5. The van der Waals surface area contributed by atoms with Crippen molar-refractivity contribution in [3.05, 3.63) is 29.8 Å². The van der Waals surface area contributed by atoms with E-state index in [2.05, 4.69) is 28.2 Å². The predicted molar refractivity (Wildman–Crippen MR) is 106 cm³/mol. The molecule has 2 heterocycles. The second kappa shape index (κ2) is 9.43. The summed E-state index contributed by atoms with van der Waals surface area (Å²) in [5, 5.41) is 3.33. The van der Waals surface area contributed by atoms with Gasteiger partial charge in [-0.15, -0.1) is 24.0 Å². The van der Waals surface area contributed by atoms with E-state index in [1.165, 1.54) is 0 Å². The molecule has 3 N–H and O–H groups in total. The molecule has 24 heavy (non-hydrogen) atoms. The van der Waals surface area contributed by atoms with E-state index in [4.69, 9.17) is 15.2 Å². The fourth-order valence-electron chi connectivity index (χ4n) is 3.11. The molecule has 0 saturated carbocycles. The Balaban J connectivity index is 0.00000208. The van der Waals surface area contributed by atoms with Crippen molar-refractivity contribution in [3.8, 4) is 5.75 Å². The molecule has 0 bridgehead atoms. The molecule has 0 aliphatic carbocycles. The summed E-state index contributed by atoms with van der Waals surface area (Å²) >= 11 is 0. The number of rotatable bonds is 4. The molecule has 1 aromatic carbocycles. The fraction of sp³-hybridized carbons (Fsp3) is 0.588. The number of fused-ring (bicyclic) bond motifs is 1. The highest BCUT2D eigenvalue weighted by Gasteiger charge is 2.21. The van der Waals surface area contributed by atoms with E-state index < -0.39 is 0 Å². The van der Waals surface area contributed by atoms with Gasteiger partial charge in [0.05, 0.1) is 32.4 Å². The fourth-order valence-corrected chi connectivity index (χ4v) is 3.11. The molecule has 0 radical (unpaired) electrons. The minimum Gasteiger partial charge on any atom is -0.493 e. The van der Waals surface area contributed by atoms with Crippen molar-refractivity contribution in [1.82, 2.24) is 10.2 Å². The lowest BCUT2D eigenvalue weighted by Gasteiger charge is -2.32. The van der Waals surface area contributed by atoms with Crippen molar-refractivity contribution < 1.29 is 9.47 Å². The molecule has 0 spiro atoms. The summed E-state index contributed by atoms with van der Waals surface area (Å²) in [6, 6.07) is 8.71. The van der Waals surface area contributed by atoms with Crippen LogP contribution in [0.1, 0.15) is 24.9 Å². The van der Waals surface area contributed by atoms with Crippen molar-refractivity contribution in [1.29, 1.82) is 0 Å². The van der Waals surface area contributed by atoms with Crippen molar-refractivity contribution in [2.24, 2.45) is 10.7 Å². The highest BCUT2D eigenvalue weighted by atomic mass is 127. The zero-order chi connectivity index (χ0) is 16.1. The number of nitrogens with zero attached hydrogens (tertiary/aromatic N) is 2.